The molecule has 0 bridgehead atoms. The molecule has 9 heteroatoms. The summed E-state index contributed by atoms with van der Waals surface area (Å²) in [6.45, 7) is 3.24. The number of fused-ring (bicyclic) bond motifs is 1. The van der Waals surface area contributed by atoms with E-state index in [1.807, 2.05) is 12.1 Å². The summed E-state index contributed by atoms with van der Waals surface area (Å²) in [5.74, 6) is 0.783. The Hall–Kier alpha value is -2.84. The van der Waals surface area contributed by atoms with Gasteiger partial charge in [0.15, 0.2) is 0 Å². The second-order valence-electron chi connectivity index (χ2n) is 7.39. The van der Waals surface area contributed by atoms with E-state index in [0.29, 0.717) is 17.4 Å². The summed E-state index contributed by atoms with van der Waals surface area (Å²) in [6, 6.07) is 9.83. The van der Waals surface area contributed by atoms with E-state index >= 15 is 0 Å². The molecular weight excluding hydrogens is 383 g/mol. The Kier molecular flexibility index (Phi) is 5.06. The highest BCUT2D eigenvalue weighted by Crippen LogP contribution is 2.30. The zero-order valence-electron chi connectivity index (χ0n) is 16.3. The molecular formula is C20H22F3N5O. The fraction of sp³-hybridized carbons (Fsp3) is 0.450. The molecule has 29 heavy (non-hydrogen) atoms. The molecule has 6 nitrogen and oxygen atoms in total. The zero-order valence-corrected chi connectivity index (χ0v) is 16.3. The molecule has 2 aromatic heterocycles. The Morgan fingerprint density at radius 3 is 2.59 bits per heavy atom. The second kappa shape index (κ2) is 7.53. The van der Waals surface area contributed by atoms with Gasteiger partial charge in [-0.1, -0.05) is 12.1 Å². The maximum Gasteiger partial charge on any atom is 0.453 e. The molecule has 0 saturated carbocycles. The van der Waals surface area contributed by atoms with Crippen LogP contribution in [0.5, 0.6) is 5.75 Å². The van der Waals surface area contributed by atoms with Crippen LogP contribution in [-0.2, 0) is 12.6 Å². The van der Waals surface area contributed by atoms with Gasteiger partial charge in [0.05, 0.1) is 7.11 Å². The molecule has 0 spiro atoms. The van der Waals surface area contributed by atoms with Crippen LogP contribution in [0.2, 0.25) is 0 Å². The fourth-order valence-electron chi connectivity index (χ4n) is 3.81. The lowest BCUT2D eigenvalue weighted by molar-refractivity contribution is -0.144. The summed E-state index contributed by atoms with van der Waals surface area (Å²) in [6.07, 6.45) is -1.75. The lowest BCUT2D eigenvalue weighted by Crippen LogP contribution is -2.35. The average Bonchev–Trinajstić information content (AvgIpc) is 3.12. The van der Waals surface area contributed by atoms with Crippen LogP contribution in [0.3, 0.4) is 0 Å². The minimum atomic E-state index is -4.59. The maximum atomic E-state index is 13.0. The van der Waals surface area contributed by atoms with Crippen molar-refractivity contribution in [2.24, 2.45) is 5.92 Å². The minimum Gasteiger partial charge on any atom is -0.497 e. The molecule has 3 heterocycles. The summed E-state index contributed by atoms with van der Waals surface area (Å²) in [5.41, 5.74) is 1.85. The number of alkyl halides is 3. The van der Waals surface area contributed by atoms with Gasteiger partial charge in [0, 0.05) is 24.8 Å². The predicted octanol–water partition coefficient (Wildman–Crippen LogP) is 3.92. The first-order chi connectivity index (χ1) is 13.8. The number of methoxy groups -OCH3 is 1. The average molecular weight is 405 g/mol. The Morgan fingerprint density at radius 2 is 1.90 bits per heavy atom. The van der Waals surface area contributed by atoms with Crippen LogP contribution in [-0.4, -0.2) is 39.8 Å². The Bertz CT molecular complexity index is 1010. The summed E-state index contributed by atoms with van der Waals surface area (Å²) < 4.78 is 45.6. The summed E-state index contributed by atoms with van der Waals surface area (Å²) >= 11 is 0. The van der Waals surface area contributed by atoms with Crippen LogP contribution < -0.4 is 9.64 Å². The molecule has 154 valence electrons. The molecule has 3 aromatic rings. The number of rotatable bonds is 4. The monoisotopic (exact) mass is 405 g/mol. The van der Waals surface area contributed by atoms with Crippen LogP contribution in [0.4, 0.5) is 19.0 Å². The zero-order chi connectivity index (χ0) is 20.6. The number of ether oxygens (including phenoxy) is 1. The summed E-state index contributed by atoms with van der Waals surface area (Å²) in [7, 11) is 1.66. The van der Waals surface area contributed by atoms with E-state index in [1.165, 1.54) is 10.1 Å². The number of hydrogen-bond donors (Lipinski definition) is 0. The Labute approximate surface area is 166 Å². The lowest BCUT2D eigenvalue weighted by atomic mass is 9.90. The predicted molar refractivity (Wildman–Crippen MR) is 102 cm³/mol. The third kappa shape index (κ3) is 4.13. The van der Waals surface area contributed by atoms with Gasteiger partial charge in [0.1, 0.15) is 11.6 Å². The number of halogens is 3. The van der Waals surface area contributed by atoms with E-state index in [-0.39, 0.29) is 5.78 Å². The van der Waals surface area contributed by atoms with Crippen molar-refractivity contribution in [2.75, 3.05) is 25.1 Å². The van der Waals surface area contributed by atoms with Crippen molar-refractivity contribution >= 4 is 11.6 Å². The van der Waals surface area contributed by atoms with Gasteiger partial charge in [-0.2, -0.15) is 22.7 Å². The Morgan fingerprint density at radius 1 is 1.14 bits per heavy atom. The van der Waals surface area contributed by atoms with Crippen LogP contribution in [0.15, 0.2) is 30.3 Å². The van der Waals surface area contributed by atoms with E-state index in [4.69, 9.17) is 4.74 Å². The van der Waals surface area contributed by atoms with E-state index in [2.05, 4.69) is 32.1 Å². The van der Waals surface area contributed by atoms with Gasteiger partial charge in [-0.15, -0.1) is 5.10 Å². The van der Waals surface area contributed by atoms with Gasteiger partial charge in [-0.25, -0.2) is 4.98 Å². The fourth-order valence-corrected chi connectivity index (χ4v) is 3.81. The highest BCUT2D eigenvalue weighted by molar-refractivity contribution is 5.48. The van der Waals surface area contributed by atoms with Crippen LogP contribution in [0.1, 0.15) is 29.9 Å². The van der Waals surface area contributed by atoms with E-state index in [0.717, 1.165) is 38.1 Å². The van der Waals surface area contributed by atoms with Gasteiger partial charge in [0.25, 0.3) is 11.6 Å². The first-order valence-corrected chi connectivity index (χ1v) is 9.53. The number of aromatic nitrogens is 4. The molecule has 0 radical (unpaired) electrons. The molecule has 0 unspecified atom stereocenters. The third-order valence-electron chi connectivity index (χ3n) is 5.27. The van der Waals surface area contributed by atoms with Gasteiger partial charge in [-0.05, 0) is 49.8 Å². The van der Waals surface area contributed by atoms with Gasteiger partial charge in [0.2, 0.25) is 0 Å². The molecule has 1 aliphatic heterocycles. The Balaban J connectivity index is 1.50. The van der Waals surface area contributed by atoms with Crippen molar-refractivity contribution in [3.8, 4) is 5.75 Å². The van der Waals surface area contributed by atoms with E-state index in [9.17, 15) is 13.2 Å². The van der Waals surface area contributed by atoms with Crippen molar-refractivity contribution in [1.82, 2.24) is 19.6 Å². The summed E-state index contributed by atoms with van der Waals surface area (Å²) in [5, 5.41) is 3.67. The smallest absolute Gasteiger partial charge is 0.453 e. The molecule has 1 fully saturated rings. The molecule has 1 saturated heterocycles. The molecule has 1 aliphatic rings. The van der Waals surface area contributed by atoms with Crippen molar-refractivity contribution < 1.29 is 17.9 Å². The van der Waals surface area contributed by atoms with Crippen molar-refractivity contribution in [1.29, 1.82) is 0 Å². The van der Waals surface area contributed by atoms with Crippen molar-refractivity contribution in [3.05, 3.63) is 47.4 Å². The number of hydrogen-bond acceptors (Lipinski definition) is 5. The minimum absolute atomic E-state index is 0.0224. The van der Waals surface area contributed by atoms with Gasteiger partial charge in [-0.3, -0.25) is 0 Å². The van der Waals surface area contributed by atoms with Crippen LogP contribution in [0, 0.1) is 12.8 Å². The lowest BCUT2D eigenvalue weighted by Gasteiger charge is -2.33. The largest absolute Gasteiger partial charge is 0.497 e. The molecule has 0 aliphatic carbocycles. The standard InChI is InChI=1S/C20H22F3N5O/c1-13-10-17(28-19(24-13)25-18(26-28)20(21,22)23)27-8-6-14(7-9-27)11-15-4-3-5-16(12-15)29-2/h3-5,10,12,14H,6-9,11H2,1-2H3. The number of benzene rings is 1. The number of nitrogens with zero attached hydrogens (tertiary/aromatic N) is 5. The van der Waals surface area contributed by atoms with Gasteiger partial charge < -0.3 is 9.64 Å². The molecule has 0 amide bonds. The number of anilines is 1. The second-order valence-corrected chi connectivity index (χ2v) is 7.39. The normalized spacial score (nSPS) is 15.8. The maximum absolute atomic E-state index is 13.0. The summed E-state index contributed by atoms with van der Waals surface area (Å²) in [4.78, 5) is 9.74. The first kappa shape index (κ1) is 19.5. The quantitative estimate of drug-likeness (QED) is 0.659. The molecule has 4 rings (SSSR count). The first-order valence-electron chi connectivity index (χ1n) is 9.53. The van der Waals surface area contributed by atoms with Crippen LogP contribution in [0.25, 0.3) is 5.78 Å². The SMILES string of the molecule is COc1cccc(CC2CCN(c3cc(C)nc4nc(C(F)(F)F)nn34)CC2)c1. The highest BCUT2D eigenvalue weighted by atomic mass is 19.4. The number of aryl methyl sites for hydroxylation is 1. The number of piperidine rings is 1. The molecule has 1 aromatic carbocycles. The van der Waals surface area contributed by atoms with Crippen molar-refractivity contribution in [3.63, 3.8) is 0 Å². The third-order valence-corrected chi connectivity index (χ3v) is 5.27. The molecule has 0 N–H and O–H groups in total. The van der Waals surface area contributed by atoms with E-state index in [1.54, 1.807) is 20.1 Å². The van der Waals surface area contributed by atoms with E-state index < -0.39 is 12.0 Å². The van der Waals surface area contributed by atoms with Gasteiger partial charge >= 0.3 is 6.18 Å². The molecule has 0 atom stereocenters. The van der Waals surface area contributed by atoms with Crippen molar-refractivity contribution in [2.45, 2.75) is 32.4 Å². The highest BCUT2D eigenvalue weighted by Gasteiger charge is 2.37. The topological polar surface area (TPSA) is 55.5 Å². The van der Waals surface area contributed by atoms with Crippen LogP contribution >= 0.6 is 0 Å².